The van der Waals surface area contributed by atoms with E-state index in [4.69, 9.17) is 4.74 Å². The van der Waals surface area contributed by atoms with Crippen molar-refractivity contribution in [3.63, 3.8) is 0 Å². The number of ether oxygens (including phenoxy) is 1. The first-order valence-corrected chi connectivity index (χ1v) is 9.92. The molecule has 0 atom stereocenters. The molecule has 1 aliphatic heterocycles. The number of aliphatic imine (C=N–C) groups is 1. The highest BCUT2D eigenvalue weighted by molar-refractivity contribution is 8.00. The lowest BCUT2D eigenvalue weighted by Gasteiger charge is -2.36. The third-order valence-electron chi connectivity index (χ3n) is 4.52. The second kappa shape index (κ2) is 8.53. The molecule has 25 heavy (non-hydrogen) atoms. The molecule has 0 spiro atoms. The van der Waals surface area contributed by atoms with Crippen LogP contribution in [-0.4, -0.2) is 57.9 Å². The Balaban J connectivity index is 1.66. The average molecular weight is 363 g/mol. The number of guanidine groups is 1. The summed E-state index contributed by atoms with van der Waals surface area (Å²) in [6.45, 7) is 5.92. The molecule has 0 bridgehead atoms. The van der Waals surface area contributed by atoms with Crippen LogP contribution in [0.15, 0.2) is 29.4 Å². The fraction of sp³-hybridized carbons (Fsp3) is 0.588. The van der Waals surface area contributed by atoms with Crippen molar-refractivity contribution in [2.24, 2.45) is 4.99 Å². The number of pyridine rings is 1. The Bertz CT molecular complexity index is 710. The van der Waals surface area contributed by atoms with Crippen LogP contribution < -0.4 is 10.6 Å². The van der Waals surface area contributed by atoms with E-state index in [1.54, 1.807) is 0 Å². The van der Waals surface area contributed by atoms with Crippen LogP contribution >= 0.6 is 11.8 Å². The van der Waals surface area contributed by atoms with Crippen LogP contribution in [0.2, 0.25) is 0 Å². The van der Waals surface area contributed by atoms with Crippen molar-refractivity contribution in [1.82, 2.24) is 25.2 Å². The van der Waals surface area contributed by atoms with Gasteiger partial charge in [0.1, 0.15) is 6.54 Å². The molecule has 8 heteroatoms. The maximum atomic E-state index is 5.51. The van der Waals surface area contributed by atoms with Crippen molar-refractivity contribution in [3.8, 4) is 0 Å². The van der Waals surface area contributed by atoms with E-state index in [1.165, 1.54) is 0 Å². The third-order valence-corrected chi connectivity index (χ3v) is 5.94. The number of thioether (sulfide) groups is 1. The minimum absolute atomic E-state index is 0.218. The second-order valence-electron chi connectivity index (χ2n) is 6.09. The molecule has 7 nitrogen and oxygen atoms in total. The number of hydrogen-bond acceptors (Lipinski definition) is 5. The van der Waals surface area contributed by atoms with E-state index in [0.717, 1.165) is 56.6 Å². The van der Waals surface area contributed by atoms with Crippen LogP contribution in [-0.2, 0) is 11.3 Å². The summed E-state index contributed by atoms with van der Waals surface area (Å²) >= 11 is 1.92. The quantitative estimate of drug-likeness (QED) is 0.602. The summed E-state index contributed by atoms with van der Waals surface area (Å²) in [5.74, 6) is 1.65. The summed E-state index contributed by atoms with van der Waals surface area (Å²) < 4.78 is 7.70. The summed E-state index contributed by atoms with van der Waals surface area (Å²) in [5.41, 5.74) is 0.842. The number of nitrogens with one attached hydrogen (secondary N) is 2. The summed E-state index contributed by atoms with van der Waals surface area (Å²) in [4.78, 5) is 4.69. The first-order chi connectivity index (χ1) is 12.3. The number of fused-ring (bicyclic) bond motifs is 1. The van der Waals surface area contributed by atoms with E-state index >= 15 is 0 Å². The van der Waals surface area contributed by atoms with Gasteiger partial charge >= 0.3 is 0 Å². The Morgan fingerprint density at radius 3 is 2.92 bits per heavy atom. The molecule has 0 radical (unpaired) electrons. The van der Waals surface area contributed by atoms with Crippen LogP contribution in [0.25, 0.3) is 5.65 Å². The Morgan fingerprint density at radius 1 is 1.32 bits per heavy atom. The van der Waals surface area contributed by atoms with Crippen LogP contribution in [0.5, 0.6) is 0 Å². The van der Waals surface area contributed by atoms with Gasteiger partial charge in [0.05, 0.1) is 0 Å². The van der Waals surface area contributed by atoms with E-state index in [1.807, 2.05) is 40.6 Å². The van der Waals surface area contributed by atoms with Crippen LogP contribution in [0.3, 0.4) is 0 Å². The molecule has 1 aliphatic rings. The van der Waals surface area contributed by atoms with Gasteiger partial charge in [0.15, 0.2) is 17.4 Å². The van der Waals surface area contributed by atoms with Gasteiger partial charge in [-0.2, -0.15) is 11.8 Å². The van der Waals surface area contributed by atoms with Crippen molar-refractivity contribution in [2.75, 3.05) is 32.6 Å². The van der Waals surface area contributed by atoms with Gasteiger partial charge < -0.3 is 15.4 Å². The van der Waals surface area contributed by atoms with E-state index in [2.05, 4.69) is 39.0 Å². The van der Waals surface area contributed by atoms with Crippen molar-refractivity contribution < 1.29 is 4.74 Å². The van der Waals surface area contributed by atoms with Gasteiger partial charge in [-0.05, 0) is 38.2 Å². The molecule has 0 amide bonds. The van der Waals surface area contributed by atoms with Crippen LogP contribution in [0.1, 0.15) is 25.6 Å². The van der Waals surface area contributed by atoms with Crippen molar-refractivity contribution >= 4 is 23.4 Å². The molecule has 3 heterocycles. The van der Waals surface area contributed by atoms with Crippen LogP contribution in [0, 0.1) is 0 Å². The fourth-order valence-corrected chi connectivity index (χ4v) is 3.72. The molecular weight excluding hydrogens is 336 g/mol. The van der Waals surface area contributed by atoms with Gasteiger partial charge in [0, 0.05) is 37.2 Å². The van der Waals surface area contributed by atoms with Gasteiger partial charge in [0.2, 0.25) is 0 Å². The molecule has 0 aliphatic carbocycles. The van der Waals surface area contributed by atoms with Gasteiger partial charge in [-0.15, -0.1) is 10.2 Å². The average Bonchev–Trinajstić information content (AvgIpc) is 3.08. The molecule has 136 valence electrons. The molecular formula is C17H26N6OS. The maximum Gasteiger partial charge on any atom is 0.191 e. The van der Waals surface area contributed by atoms with Crippen molar-refractivity contribution in [3.05, 3.63) is 30.2 Å². The maximum absolute atomic E-state index is 5.51. The fourth-order valence-electron chi connectivity index (χ4n) is 2.93. The number of hydrogen-bond donors (Lipinski definition) is 2. The SMILES string of the molecule is CCNC(=NCc1nnc2ccccn12)NCC1(SC)CCOCC1. The first kappa shape index (κ1) is 18.0. The largest absolute Gasteiger partial charge is 0.381 e. The molecule has 2 aromatic rings. The summed E-state index contributed by atoms with van der Waals surface area (Å²) in [7, 11) is 0. The Labute approximate surface area is 152 Å². The van der Waals surface area contributed by atoms with E-state index in [-0.39, 0.29) is 4.75 Å². The Hall–Kier alpha value is -1.80. The van der Waals surface area contributed by atoms with E-state index < -0.39 is 0 Å². The molecule has 2 aromatic heterocycles. The summed E-state index contributed by atoms with van der Waals surface area (Å²) in [6.07, 6.45) is 6.27. The Morgan fingerprint density at radius 2 is 2.16 bits per heavy atom. The predicted molar refractivity (Wildman–Crippen MR) is 102 cm³/mol. The van der Waals surface area contributed by atoms with Crippen molar-refractivity contribution in [2.45, 2.75) is 31.1 Å². The number of nitrogens with zero attached hydrogens (tertiary/aromatic N) is 4. The molecule has 2 N–H and O–H groups in total. The van der Waals surface area contributed by atoms with E-state index in [9.17, 15) is 0 Å². The summed E-state index contributed by atoms with van der Waals surface area (Å²) in [6, 6.07) is 5.87. The molecule has 0 saturated carbocycles. The lowest BCUT2D eigenvalue weighted by atomic mass is 9.99. The molecule has 0 aromatic carbocycles. The van der Waals surface area contributed by atoms with Crippen molar-refractivity contribution in [1.29, 1.82) is 0 Å². The lowest BCUT2D eigenvalue weighted by Crippen LogP contribution is -2.47. The van der Waals surface area contributed by atoms with Gasteiger partial charge in [0.25, 0.3) is 0 Å². The zero-order valence-corrected chi connectivity index (χ0v) is 15.7. The monoisotopic (exact) mass is 362 g/mol. The Kier molecular flexibility index (Phi) is 6.14. The number of aromatic nitrogens is 3. The van der Waals surface area contributed by atoms with Crippen LogP contribution in [0.4, 0.5) is 0 Å². The highest BCUT2D eigenvalue weighted by Crippen LogP contribution is 2.32. The van der Waals surface area contributed by atoms with Gasteiger partial charge in [-0.25, -0.2) is 4.99 Å². The molecule has 0 unspecified atom stereocenters. The number of rotatable bonds is 6. The van der Waals surface area contributed by atoms with Gasteiger partial charge in [-0.3, -0.25) is 4.40 Å². The minimum Gasteiger partial charge on any atom is -0.381 e. The highest BCUT2D eigenvalue weighted by atomic mass is 32.2. The predicted octanol–water partition coefficient (Wildman–Crippen LogP) is 1.70. The topological polar surface area (TPSA) is 75.8 Å². The smallest absolute Gasteiger partial charge is 0.191 e. The molecule has 3 rings (SSSR count). The van der Waals surface area contributed by atoms with Gasteiger partial charge in [-0.1, -0.05) is 6.07 Å². The minimum atomic E-state index is 0.218. The lowest BCUT2D eigenvalue weighted by molar-refractivity contribution is 0.0783. The highest BCUT2D eigenvalue weighted by Gasteiger charge is 2.31. The standard InChI is InChI=1S/C17H26N6OS/c1-3-18-16(20-13-17(25-2)7-10-24-11-8-17)19-12-15-22-21-14-6-4-5-9-23(14)15/h4-6,9H,3,7-8,10-13H2,1-2H3,(H2,18,19,20). The second-order valence-corrected chi connectivity index (χ2v) is 7.37. The normalized spacial score (nSPS) is 17.6. The zero-order valence-electron chi connectivity index (χ0n) is 14.9. The zero-order chi connectivity index (χ0) is 17.5. The molecule has 1 saturated heterocycles. The molecule has 1 fully saturated rings. The van der Waals surface area contributed by atoms with E-state index in [0.29, 0.717) is 6.54 Å². The first-order valence-electron chi connectivity index (χ1n) is 8.70. The summed E-state index contributed by atoms with van der Waals surface area (Å²) in [5, 5.41) is 15.2. The third kappa shape index (κ3) is 4.43.